The number of aromatic nitrogens is 2. The highest BCUT2D eigenvalue weighted by atomic mass is 35.5. The summed E-state index contributed by atoms with van der Waals surface area (Å²) in [6.07, 6.45) is 1.49. The molecule has 5 heteroatoms. The van der Waals surface area contributed by atoms with Crippen LogP contribution in [0.4, 0.5) is 0 Å². The second-order valence-electron chi connectivity index (χ2n) is 4.41. The van der Waals surface area contributed by atoms with Crippen molar-refractivity contribution in [3.63, 3.8) is 0 Å². The average Bonchev–Trinajstić information content (AvgIpc) is 2.80. The van der Waals surface area contributed by atoms with Crippen molar-refractivity contribution in [2.45, 2.75) is 19.9 Å². The molecule has 0 N–H and O–H groups in total. The number of ether oxygens (including phenoxy) is 1. The second kappa shape index (κ2) is 5.45. The standard InChI is InChI=1S/C14H15ClN2O2/c1-9(2)17-13(11(15)8-16-17)14(18)10-6-4-5-7-12(10)19-3/h4-9H,1-3H3. The van der Waals surface area contributed by atoms with Gasteiger partial charge in [0.2, 0.25) is 5.78 Å². The third-order valence-corrected chi connectivity index (χ3v) is 3.08. The first-order valence-electron chi connectivity index (χ1n) is 5.97. The van der Waals surface area contributed by atoms with Crippen molar-refractivity contribution in [1.29, 1.82) is 0 Å². The van der Waals surface area contributed by atoms with Gasteiger partial charge in [-0.1, -0.05) is 23.7 Å². The number of methoxy groups -OCH3 is 1. The van der Waals surface area contributed by atoms with Crippen LogP contribution in [-0.4, -0.2) is 22.7 Å². The van der Waals surface area contributed by atoms with E-state index in [0.29, 0.717) is 22.0 Å². The summed E-state index contributed by atoms with van der Waals surface area (Å²) >= 11 is 6.08. The van der Waals surface area contributed by atoms with Crippen molar-refractivity contribution in [2.75, 3.05) is 7.11 Å². The molecule has 1 aromatic heterocycles. The third kappa shape index (κ3) is 2.49. The molecule has 0 aliphatic carbocycles. The van der Waals surface area contributed by atoms with Gasteiger partial charge in [-0.25, -0.2) is 0 Å². The van der Waals surface area contributed by atoms with E-state index in [4.69, 9.17) is 16.3 Å². The molecule has 2 aromatic rings. The fourth-order valence-electron chi connectivity index (χ4n) is 1.91. The molecule has 0 bridgehead atoms. The molecule has 0 unspecified atom stereocenters. The van der Waals surface area contributed by atoms with Gasteiger partial charge in [-0.05, 0) is 26.0 Å². The van der Waals surface area contributed by atoms with E-state index < -0.39 is 0 Å². The van der Waals surface area contributed by atoms with Crippen molar-refractivity contribution in [3.05, 3.63) is 46.7 Å². The maximum absolute atomic E-state index is 12.6. The Morgan fingerprint density at radius 2 is 2.05 bits per heavy atom. The van der Waals surface area contributed by atoms with E-state index >= 15 is 0 Å². The molecule has 2 rings (SSSR count). The smallest absolute Gasteiger partial charge is 0.216 e. The lowest BCUT2D eigenvalue weighted by atomic mass is 10.1. The number of hydrogen-bond acceptors (Lipinski definition) is 3. The molecule has 0 aliphatic rings. The van der Waals surface area contributed by atoms with Gasteiger partial charge in [-0.3, -0.25) is 9.48 Å². The molecule has 0 radical (unpaired) electrons. The van der Waals surface area contributed by atoms with Gasteiger partial charge >= 0.3 is 0 Å². The van der Waals surface area contributed by atoms with Crippen molar-refractivity contribution >= 4 is 17.4 Å². The van der Waals surface area contributed by atoms with Gasteiger partial charge in [0.05, 0.1) is 23.9 Å². The summed E-state index contributed by atoms with van der Waals surface area (Å²) in [5, 5.41) is 4.49. The third-order valence-electron chi connectivity index (χ3n) is 2.81. The Morgan fingerprint density at radius 3 is 2.68 bits per heavy atom. The van der Waals surface area contributed by atoms with E-state index in [1.807, 2.05) is 19.9 Å². The van der Waals surface area contributed by atoms with Crippen LogP contribution in [0.15, 0.2) is 30.5 Å². The molecule has 0 amide bonds. The number of ketones is 1. The zero-order valence-electron chi connectivity index (χ0n) is 11.1. The zero-order chi connectivity index (χ0) is 14.0. The molecule has 0 fully saturated rings. The Labute approximate surface area is 116 Å². The van der Waals surface area contributed by atoms with Crippen LogP contribution in [0.3, 0.4) is 0 Å². The fraction of sp³-hybridized carbons (Fsp3) is 0.286. The predicted molar refractivity (Wildman–Crippen MR) is 74.0 cm³/mol. The van der Waals surface area contributed by atoms with Crippen molar-refractivity contribution < 1.29 is 9.53 Å². The van der Waals surface area contributed by atoms with Gasteiger partial charge in [0.1, 0.15) is 11.4 Å². The highest BCUT2D eigenvalue weighted by molar-refractivity contribution is 6.34. The quantitative estimate of drug-likeness (QED) is 0.806. The molecule has 0 saturated carbocycles. The second-order valence-corrected chi connectivity index (χ2v) is 4.82. The summed E-state index contributed by atoms with van der Waals surface area (Å²) in [5.74, 6) is 0.341. The minimum Gasteiger partial charge on any atom is -0.496 e. The number of benzene rings is 1. The van der Waals surface area contributed by atoms with Crippen molar-refractivity contribution in [1.82, 2.24) is 9.78 Å². The van der Waals surface area contributed by atoms with E-state index in [1.54, 1.807) is 22.9 Å². The van der Waals surface area contributed by atoms with Crippen LogP contribution in [0, 0.1) is 0 Å². The van der Waals surface area contributed by atoms with Crippen LogP contribution >= 0.6 is 11.6 Å². The lowest BCUT2D eigenvalue weighted by Crippen LogP contribution is -2.14. The largest absolute Gasteiger partial charge is 0.496 e. The van der Waals surface area contributed by atoms with Gasteiger partial charge in [0.25, 0.3) is 0 Å². The molecule has 1 heterocycles. The van der Waals surface area contributed by atoms with Gasteiger partial charge in [0.15, 0.2) is 0 Å². The number of carbonyl (C=O) groups excluding carboxylic acids is 1. The summed E-state index contributed by atoms with van der Waals surface area (Å²) in [5.41, 5.74) is 0.871. The summed E-state index contributed by atoms with van der Waals surface area (Å²) in [4.78, 5) is 12.6. The van der Waals surface area contributed by atoms with Crippen LogP contribution in [-0.2, 0) is 0 Å². The normalized spacial score (nSPS) is 10.8. The first-order chi connectivity index (χ1) is 9.06. The van der Waals surface area contributed by atoms with Crippen molar-refractivity contribution in [3.8, 4) is 5.75 Å². The van der Waals surface area contributed by atoms with E-state index in [9.17, 15) is 4.79 Å². The maximum atomic E-state index is 12.6. The number of para-hydroxylation sites is 1. The number of nitrogens with zero attached hydrogens (tertiary/aromatic N) is 2. The zero-order valence-corrected chi connectivity index (χ0v) is 11.8. The van der Waals surface area contributed by atoms with Crippen LogP contribution in [0.1, 0.15) is 35.9 Å². The van der Waals surface area contributed by atoms with Crippen LogP contribution in [0.25, 0.3) is 0 Å². The number of halogens is 1. The maximum Gasteiger partial charge on any atom is 0.216 e. The monoisotopic (exact) mass is 278 g/mol. The Kier molecular flexibility index (Phi) is 3.90. The van der Waals surface area contributed by atoms with Crippen molar-refractivity contribution in [2.24, 2.45) is 0 Å². The molecule has 0 aliphatic heterocycles. The Hall–Kier alpha value is -1.81. The minimum atomic E-state index is -0.186. The Morgan fingerprint density at radius 1 is 1.37 bits per heavy atom. The SMILES string of the molecule is COc1ccccc1C(=O)c1c(Cl)cnn1C(C)C. The minimum absolute atomic E-state index is 0.0566. The molecule has 0 spiro atoms. The fourth-order valence-corrected chi connectivity index (χ4v) is 2.12. The van der Waals surface area contributed by atoms with E-state index in [1.165, 1.54) is 13.3 Å². The lowest BCUT2D eigenvalue weighted by Gasteiger charge is -2.12. The number of hydrogen-bond donors (Lipinski definition) is 0. The number of carbonyl (C=O) groups is 1. The first kappa shape index (κ1) is 13.6. The Balaban J connectivity index is 2.53. The summed E-state index contributed by atoms with van der Waals surface area (Å²) in [6.45, 7) is 3.89. The molecule has 100 valence electrons. The first-order valence-corrected chi connectivity index (χ1v) is 6.34. The predicted octanol–water partition coefficient (Wildman–Crippen LogP) is 3.36. The van der Waals surface area contributed by atoms with E-state index in [2.05, 4.69) is 5.10 Å². The summed E-state index contributed by atoms with van der Waals surface area (Å²) in [6, 6.07) is 7.13. The summed E-state index contributed by atoms with van der Waals surface area (Å²) in [7, 11) is 1.54. The molecular weight excluding hydrogens is 264 g/mol. The van der Waals surface area contributed by atoms with Gasteiger partial charge in [-0.15, -0.1) is 0 Å². The average molecular weight is 279 g/mol. The highest BCUT2D eigenvalue weighted by Crippen LogP contribution is 2.26. The van der Waals surface area contributed by atoms with Gasteiger partial charge < -0.3 is 4.74 Å². The molecule has 19 heavy (non-hydrogen) atoms. The van der Waals surface area contributed by atoms with E-state index in [0.717, 1.165) is 0 Å². The van der Waals surface area contributed by atoms with Crippen LogP contribution in [0.2, 0.25) is 5.02 Å². The molecular formula is C14H15ClN2O2. The molecule has 4 nitrogen and oxygen atoms in total. The van der Waals surface area contributed by atoms with Crippen LogP contribution < -0.4 is 4.74 Å². The van der Waals surface area contributed by atoms with Gasteiger partial charge in [0, 0.05) is 6.04 Å². The molecule has 1 aromatic carbocycles. The highest BCUT2D eigenvalue weighted by Gasteiger charge is 2.22. The molecule has 0 atom stereocenters. The van der Waals surface area contributed by atoms with Gasteiger partial charge in [-0.2, -0.15) is 5.10 Å². The lowest BCUT2D eigenvalue weighted by molar-refractivity contribution is 0.102. The number of rotatable bonds is 4. The summed E-state index contributed by atoms with van der Waals surface area (Å²) < 4.78 is 6.83. The Bertz CT molecular complexity index is 605. The molecule has 0 saturated heterocycles. The van der Waals surface area contributed by atoms with Crippen LogP contribution in [0.5, 0.6) is 5.75 Å². The topological polar surface area (TPSA) is 44.1 Å². The van der Waals surface area contributed by atoms with E-state index in [-0.39, 0.29) is 11.8 Å².